The number of nitrogens with one attached hydrogen (secondary N) is 2. The zero-order chi connectivity index (χ0) is 16.5. The molecule has 8 nitrogen and oxygen atoms in total. The van der Waals surface area contributed by atoms with E-state index in [1.54, 1.807) is 36.4 Å². The number of hydrogen-bond donors (Lipinski definition) is 3. The van der Waals surface area contributed by atoms with Crippen LogP contribution in [0.4, 0.5) is 11.4 Å². The van der Waals surface area contributed by atoms with Crippen LogP contribution in [-0.2, 0) is 0 Å². The molecule has 0 amide bonds. The van der Waals surface area contributed by atoms with Crippen LogP contribution in [0, 0.1) is 0 Å². The Morgan fingerprint density at radius 3 is 2.75 bits per heavy atom. The third kappa shape index (κ3) is 2.50. The van der Waals surface area contributed by atoms with Crippen molar-refractivity contribution in [2.45, 2.75) is 0 Å². The van der Waals surface area contributed by atoms with Crippen molar-refractivity contribution in [3.05, 3.63) is 52.8 Å². The van der Waals surface area contributed by atoms with E-state index in [1.165, 1.54) is 6.07 Å². The third-order valence-corrected chi connectivity index (χ3v) is 3.51. The monoisotopic (exact) mass is 324 g/mol. The summed E-state index contributed by atoms with van der Waals surface area (Å²) in [5, 5.41) is 22.9. The predicted octanol–water partition coefficient (Wildman–Crippen LogP) is 3.22. The van der Waals surface area contributed by atoms with E-state index < -0.39 is 5.56 Å². The first kappa shape index (κ1) is 14.1. The van der Waals surface area contributed by atoms with Gasteiger partial charge in [-0.2, -0.15) is 5.11 Å². The van der Waals surface area contributed by atoms with E-state index >= 15 is 0 Å². The van der Waals surface area contributed by atoms with Gasteiger partial charge in [-0.3, -0.25) is 15.0 Å². The highest BCUT2D eigenvalue weighted by molar-refractivity contribution is 5.72. The lowest BCUT2D eigenvalue weighted by Gasteiger charge is -2.00. The van der Waals surface area contributed by atoms with Gasteiger partial charge in [-0.25, -0.2) is 0 Å². The number of benzene rings is 2. The Kier molecular flexibility index (Phi) is 3.27. The smallest absolute Gasteiger partial charge is 0.292 e. The highest BCUT2D eigenvalue weighted by Gasteiger charge is 2.14. The summed E-state index contributed by atoms with van der Waals surface area (Å²) in [6, 6.07) is 11.6. The van der Waals surface area contributed by atoms with E-state index in [-0.39, 0.29) is 18.2 Å². The Bertz CT molecular complexity index is 990. The highest BCUT2D eigenvalue weighted by atomic mass is 16.7. The van der Waals surface area contributed by atoms with E-state index in [9.17, 15) is 9.90 Å². The molecule has 0 saturated carbocycles. The second-order valence-electron chi connectivity index (χ2n) is 5.09. The first-order chi connectivity index (χ1) is 11.7. The number of azo groups is 1. The quantitative estimate of drug-likeness (QED) is 0.642. The fourth-order valence-corrected chi connectivity index (χ4v) is 2.37. The molecule has 3 N–H and O–H groups in total. The van der Waals surface area contributed by atoms with Crippen LogP contribution in [0.3, 0.4) is 0 Å². The molecule has 120 valence electrons. The molecule has 1 aromatic heterocycles. The van der Waals surface area contributed by atoms with E-state index in [0.29, 0.717) is 28.4 Å². The van der Waals surface area contributed by atoms with Gasteiger partial charge in [0, 0.05) is 11.6 Å². The van der Waals surface area contributed by atoms with Crippen LogP contribution in [0.15, 0.2) is 57.5 Å². The number of phenolic OH excluding ortho intramolecular Hbond substituents is 1. The number of nitrogens with zero attached hydrogens (tertiary/aromatic N) is 2. The van der Waals surface area contributed by atoms with Gasteiger partial charge < -0.3 is 14.6 Å². The van der Waals surface area contributed by atoms with Crippen molar-refractivity contribution in [3.63, 3.8) is 0 Å². The topological polar surface area (TPSA) is 112 Å². The van der Waals surface area contributed by atoms with Gasteiger partial charge in [-0.15, -0.1) is 5.11 Å². The zero-order valence-electron chi connectivity index (χ0n) is 12.3. The summed E-state index contributed by atoms with van der Waals surface area (Å²) >= 11 is 0. The van der Waals surface area contributed by atoms with E-state index in [4.69, 9.17) is 9.47 Å². The first-order valence-corrected chi connectivity index (χ1v) is 7.12. The van der Waals surface area contributed by atoms with E-state index in [2.05, 4.69) is 20.4 Å². The Morgan fingerprint density at radius 2 is 1.88 bits per heavy atom. The molecule has 0 bridgehead atoms. The molecular formula is C16H12N4O4. The highest BCUT2D eigenvalue weighted by Crippen LogP contribution is 2.36. The lowest BCUT2D eigenvalue weighted by molar-refractivity contribution is 0.174. The summed E-state index contributed by atoms with van der Waals surface area (Å²) in [6.07, 6.45) is 0. The van der Waals surface area contributed by atoms with Crippen LogP contribution in [0.1, 0.15) is 0 Å². The maximum atomic E-state index is 12.0. The van der Waals surface area contributed by atoms with Crippen molar-refractivity contribution in [2.75, 3.05) is 6.79 Å². The predicted molar refractivity (Wildman–Crippen MR) is 85.3 cm³/mol. The molecule has 1 aliphatic rings. The van der Waals surface area contributed by atoms with Crippen LogP contribution in [-0.4, -0.2) is 22.1 Å². The summed E-state index contributed by atoms with van der Waals surface area (Å²) in [7, 11) is 0. The molecule has 0 unspecified atom stereocenters. The van der Waals surface area contributed by atoms with Gasteiger partial charge in [0.1, 0.15) is 5.75 Å². The van der Waals surface area contributed by atoms with Crippen LogP contribution in [0.2, 0.25) is 0 Å². The summed E-state index contributed by atoms with van der Waals surface area (Å²) in [6.45, 7) is 0.176. The maximum Gasteiger partial charge on any atom is 0.292 e. The molecule has 0 atom stereocenters. The molecule has 4 rings (SSSR count). The lowest BCUT2D eigenvalue weighted by atomic mass is 10.1. The fraction of sp³-hybridized carbons (Fsp3) is 0.0625. The number of fused-ring (bicyclic) bond motifs is 1. The minimum absolute atomic E-state index is 0.0909. The molecule has 0 fully saturated rings. The first-order valence-electron chi connectivity index (χ1n) is 7.12. The Balaban J connectivity index is 1.70. The Morgan fingerprint density at radius 1 is 1.00 bits per heavy atom. The molecule has 2 aromatic carbocycles. The lowest BCUT2D eigenvalue weighted by Crippen LogP contribution is -1.96. The minimum atomic E-state index is -0.405. The van der Waals surface area contributed by atoms with Gasteiger partial charge in [-0.05, 0) is 24.3 Å². The summed E-state index contributed by atoms with van der Waals surface area (Å²) < 4.78 is 10.5. The van der Waals surface area contributed by atoms with Crippen molar-refractivity contribution in [3.8, 4) is 28.5 Å². The number of aromatic nitrogens is 2. The van der Waals surface area contributed by atoms with Gasteiger partial charge in [0.2, 0.25) is 6.79 Å². The van der Waals surface area contributed by atoms with Gasteiger partial charge in [0.05, 0.1) is 11.4 Å². The van der Waals surface area contributed by atoms with Crippen molar-refractivity contribution in [1.82, 2.24) is 10.2 Å². The van der Waals surface area contributed by atoms with Gasteiger partial charge >= 0.3 is 0 Å². The standard InChI is InChI=1S/C16H12N4O4/c21-11-3-1-2-9(6-11)14-15(16(22)20-18-14)19-17-10-4-5-12-13(7-10)24-8-23-12/h1-7,21H,8H2,(H2,18,20,22). The Hall–Kier alpha value is -3.55. The van der Waals surface area contributed by atoms with E-state index in [0.717, 1.165) is 0 Å². The summed E-state index contributed by atoms with van der Waals surface area (Å²) in [5.41, 5.74) is 1.31. The van der Waals surface area contributed by atoms with Gasteiger partial charge in [0.25, 0.3) is 5.56 Å². The number of aromatic hydroxyl groups is 1. The summed E-state index contributed by atoms with van der Waals surface area (Å²) in [5.74, 6) is 1.32. The molecule has 1 aliphatic heterocycles. The molecule has 24 heavy (non-hydrogen) atoms. The SMILES string of the molecule is O=c1[nH][nH]c(-c2cccc(O)c2)c1N=Nc1ccc2c(c1)OCO2. The molecule has 0 aliphatic carbocycles. The van der Waals surface area contributed by atoms with E-state index in [1.807, 2.05) is 0 Å². The second kappa shape index (κ2) is 5.58. The van der Waals surface area contributed by atoms with Gasteiger partial charge in [0.15, 0.2) is 17.2 Å². The minimum Gasteiger partial charge on any atom is -0.508 e. The summed E-state index contributed by atoms with van der Waals surface area (Å²) in [4.78, 5) is 12.0. The van der Waals surface area contributed by atoms with Gasteiger partial charge in [-0.1, -0.05) is 12.1 Å². The molecule has 0 saturated heterocycles. The van der Waals surface area contributed by atoms with Crippen LogP contribution in [0.25, 0.3) is 11.3 Å². The number of aromatic amines is 2. The largest absolute Gasteiger partial charge is 0.508 e. The number of hydrogen-bond acceptors (Lipinski definition) is 6. The van der Waals surface area contributed by atoms with Crippen molar-refractivity contribution >= 4 is 11.4 Å². The maximum absolute atomic E-state index is 12.0. The fourth-order valence-electron chi connectivity index (χ4n) is 2.37. The number of H-pyrrole nitrogens is 2. The zero-order valence-corrected chi connectivity index (χ0v) is 12.3. The molecular weight excluding hydrogens is 312 g/mol. The average Bonchev–Trinajstić information content (AvgIpc) is 3.19. The molecule has 2 heterocycles. The van der Waals surface area contributed by atoms with Crippen molar-refractivity contribution < 1.29 is 14.6 Å². The average molecular weight is 324 g/mol. The molecule has 3 aromatic rings. The Labute approximate surface area is 135 Å². The van der Waals surface area contributed by atoms with Crippen LogP contribution >= 0.6 is 0 Å². The second-order valence-corrected chi connectivity index (χ2v) is 5.09. The molecule has 0 spiro atoms. The third-order valence-electron chi connectivity index (χ3n) is 3.51. The number of ether oxygens (including phenoxy) is 2. The van der Waals surface area contributed by atoms with Crippen molar-refractivity contribution in [1.29, 1.82) is 0 Å². The van der Waals surface area contributed by atoms with Crippen LogP contribution < -0.4 is 15.0 Å². The van der Waals surface area contributed by atoms with Crippen LogP contribution in [0.5, 0.6) is 17.2 Å². The van der Waals surface area contributed by atoms with Crippen molar-refractivity contribution in [2.24, 2.45) is 10.2 Å². The number of phenols is 1. The molecule has 0 radical (unpaired) electrons. The normalized spacial score (nSPS) is 12.8. The number of rotatable bonds is 3. The molecule has 8 heteroatoms.